The topological polar surface area (TPSA) is 20.2 Å². The predicted octanol–water partition coefficient (Wildman–Crippen LogP) is 3.60. The molecule has 1 aromatic carbocycles. The third kappa shape index (κ3) is 2.91. The Kier molecular flexibility index (Phi) is 3.75. The van der Waals surface area contributed by atoms with Gasteiger partial charge in [-0.2, -0.15) is 0 Å². The molecular weight excluding hydrogens is 172 g/mol. The number of phenols is 1. The van der Waals surface area contributed by atoms with Crippen LogP contribution in [0.5, 0.6) is 5.75 Å². The van der Waals surface area contributed by atoms with Crippen molar-refractivity contribution in [3.63, 3.8) is 0 Å². The molecule has 1 rings (SSSR count). The molecule has 0 aliphatic rings. The van der Waals surface area contributed by atoms with E-state index in [-0.39, 0.29) is 0 Å². The van der Waals surface area contributed by atoms with Crippen molar-refractivity contribution in [2.75, 3.05) is 0 Å². The van der Waals surface area contributed by atoms with Gasteiger partial charge in [-0.05, 0) is 50.8 Å². The van der Waals surface area contributed by atoms with E-state index >= 15 is 0 Å². The molecule has 0 fully saturated rings. The fourth-order valence-electron chi connectivity index (χ4n) is 1.36. The van der Waals surface area contributed by atoms with Crippen LogP contribution in [0, 0.1) is 6.92 Å². The first-order chi connectivity index (χ1) is 6.63. The summed E-state index contributed by atoms with van der Waals surface area (Å²) < 4.78 is 0. The van der Waals surface area contributed by atoms with Gasteiger partial charge in [0.2, 0.25) is 0 Å². The fraction of sp³-hybridized carbons (Fsp3) is 0.385. The molecular formula is C13H18O. The Morgan fingerprint density at radius 3 is 2.71 bits per heavy atom. The lowest BCUT2D eigenvalue weighted by atomic mass is 10.0. The molecule has 0 radical (unpaired) electrons. The van der Waals surface area contributed by atoms with E-state index in [2.05, 4.69) is 13.0 Å². The van der Waals surface area contributed by atoms with Crippen LogP contribution < -0.4 is 0 Å². The first kappa shape index (κ1) is 10.8. The van der Waals surface area contributed by atoms with E-state index in [0.717, 1.165) is 24.0 Å². The van der Waals surface area contributed by atoms with E-state index in [1.54, 1.807) is 0 Å². The smallest absolute Gasteiger partial charge is 0.119 e. The van der Waals surface area contributed by atoms with E-state index in [4.69, 9.17) is 0 Å². The summed E-state index contributed by atoms with van der Waals surface area (Å²) in [6.45, 7) is 6.15. The van der Waals surface area contributed by atoms with Crippen LogP contribution in [0.15, 0.2) is 29.8 Å². The second kappa shape index (κ2) is 4.85. The average molecular weight is 190 g/mol. The number of rotatable bonds is 3. The van der Waals surface area contributed by atoms with E-state index < -0.39 is 0 Å². The first-order valence-electron chi connectivity index (χ1n) is 5.03. The number of aromatic hydroxyl groups is 1. The summed E-state index contributed by atoms with van der Waals surface area (Å²) in [6, 6.07) is 5.87. The second-order valence-electron chi connectivity index (χ2n) is 3.77. The molecule has 0 amide bonds. The van der Waals surface area contributed by atoms with Gasteiger partial charge >= 0.3 is 0 Å². The molecule has 0 heterocycles. The Morgan fingerprint density at radius 1 is 1.43 bits per heavy atom. The minimum Gasteiger partial charge on any atom is -0.508 e. The van der Waals surface area contributed by atoms with Crippen LogP contribution in [0.1, 0.15) is 31.4 Å². The van der Waals surface area contributed by atoms with Gasteiger partial charge in [0.05, 0.1) is 0 Å². The molecule has 1 nitrogen and oxygen atoms in total. The largest absolute Gasteiger partial charge is 0.508 e. The lowest BCUT2D eigenvalue weighted by molar-refractivity contribution is 0.467. The highest BCUT2D eigenvalue weighted by Gasteiger charge is 2.00. The molecule has 0 spiro atoms. The van der Waals surface area contributed by atoms with Crippen molar-refractivity contribution in [2.45, 2.75) is 33.6 Å². The van der Waals surface area contributed by atoms with Crippen molar-refractivity contribution < 1.29 is 5.11 Å². The van der Waals surface area contributed by atoms with Crippen molar-refractivity contribution in [3.8, 4) is 5.75 Å². The van der Waals surface area contributed by atoms with Crippen molar-refractivity contribution >= 4 is 0 Å². The van der Waals surface area contributed by atoms with Crippen LogP contribution in [0.25, 0.3) is 0 Å². The molecule has 0 aliphatic carbocycles. The maximum absolute atomic E-state index is 9.66. The highest BCUT2D eigenvalue weighted by atomic mass is 16.3. The summed E-state index contributed by atoms with van der Waals surface area (Å²) in [5, 5.41) is 9.66. The van der Waals surface area contributed by atoms with Crippen molar-refractivity contribution in [2.24, 2.45) is 0 Å². The average Bonchev–Trinajstić information content (AvgIpc) is 2.16. The number of allylic oxidation sites excluding steroid dienone is 2. The molecule has 1 heteroatoms. The minimum atomic E-state index is 0.425. The van der Waals surface area contributed by atoms with Crippen LogP contribution in [0.2, 0.25) is 0 Å². The highest BCUT2D eigenvalue weighted by molar-refractivity contribution is 5.36. The highest BCUT2D eigenvalue weighted by Crippen LogP contribution is 2.21. The molecule has 1 aromatic rings. The molecule has 0 bridgehead atoms. The quantitative estimate of drug-likeness (QED) is 0.722. The van der Waals surface area contributed by atoms with Crippen molar-refractivity contribution in [3.05, 3.63) is 41.0 Å². The van der Waals surface area contributed by atoms with Crippen molar-refractivity contribution in [1.29, 1.82) is 0 Å². The van der Waals surface area contributed by atoms with E-state index in [1.165, 1.54) is 5.57 Å². The Morgan fingerprint density at radius 2 is 2.14 bits per heavy atom. The number of hydrogen-bond acceptors (Lipinski definition) is 1. The van der Waals surface area contributed by atoms with E-state index in [0.29, 0.717) is 5.75 Å². The van der Waals surface area contributed by atoms with Crippen LogP contribution >= 0.6 is 0 Å². The van der Waals surface area contributed by atoms with Gasteiger partial charge in [-0.1, -0.05) is 23.8 Å². The molecule has 0 aliphatic heterocycles. The zero-order valence-electron chi connectivity index (χ0n) is 9.17. The van der Waals surface area contributed by atoms with Gasteiger partial charge in [-0.25, -0.2) is 0 Å². The van der Waals surface area contributed by atoms with Crippen LogP contribution in [-0.2, 0) is 6.42 Å². The third-order valence-electron chi connectivity index (χ3n) is 2.52. The van der Waals surface area contributed by atoms with Gasteiger partial charge < -0.3 is 5.11 Å². The summed E-state index contributed by atoms with van der Waals surface area (Å²) >= 11 is 0. The Balaban J connectivity index is 2.68. The molecule has 76 valence electrons. The summed E-state index contributed by atoms with van der Waals surface area (Å²) in [5.41, 5.74) is 3.51. The predicted molar refractivity (Wildman–Crippen MR) is 60.6 cm³/mol. The maximum Gasteiger partial charge on any atom is 0.119 e. The van der Waals surface area contributed by atoms with Gasteiger partial charge in [0, 0.05) is 0 Å². The number of phenolic OH excluding ortho intramolecular Hbond substituents is 1. The van der Waals surface area contributed by atoms with E-state index in [9.17, 15) is 5.11 Å². The zero-order valence-corrected chi connectivity index (χ0v) is 9.17. The maximum atomic E-state index is 9.66. The van der Waals surface area contributed by atoms with Gasteiger partial charge in [0.15, 0.2) is 0 Å². The standard InChI is InChI=1S/C13H18O/c1-4-10(2)5-7-12-8-6-11(3)9-13(12)14/h4,6,8-9,14H,5,7H2,1-3H3/b10-4-. The normalized spacial score (nSPS) is 11.8. The monoisotopic (exact) mass is 190 g/mol. The SMILES string of the molecule is C/C=C(/C)CCc1ccc(C)cc1O. The second-order valence-corrected chi connectivity index (χ2v) is 3.77. The Bertz CT molecular complexity index is 337. The Hall–Kier alpha value is -1.24. The summed E-state index contributed by atoms with van der Waals surface area (Å²) in [5.74, 6) is 0.425. The molecule has 14 heavy (non-hydrogen) atoms. The summed E-state index contributed by atoms with van der Waals surface area (Å²) in [4.78, 5) is 0. The third-order valence-corrected chi connectivity index (χ3v) is 2.52. The Labute approximate surface area is 86.1 Å². The van der Waals surface area contributed by atoms with Gasteiger partial charge in [0.1, 0.15) is 5.75 Å². The lowest BCUT2D eigenvalue weighted by Crippen LogP contribution is -1.88. The molecule has 0 atom stereocenters. The van der Waals surface area contributed by atoms with Gasteiger partial charge in [-0.3, -0.25) is 0 Å². The van der Waals surface area contributed by atoms with Crippen LogP contribution in [-0.4, -0.2) is 5.11 Å². The molecule has 1 N–H and O–H groups in total. The summed E-state index contributed by atoms with van der Waals surface area (Å²) in [7, 11) is 0. The molecule has 0 saturated heterocycles. The van der Waals surface area contributed by atoms with Crippen molar-refractivity contribution in [1.82, 2.24) is 0 Å². The lowest BCUT2D eigenvalue weighted by Gasteiger charge is -2.05. The molecule has 0 saturated carbocycles. The number of benzene rings is 1. The molecule has 0 aromatic heterocycles. The van der Waals surface area contributed by atoms with Gasteiger partial charge in [0.25, 0.3) is 0 Å². The molecule has 0 unspecified atom stereocenters. The fourth-order valence-corrected chi connectivity index (χ4v) is 1.36. The number of aryl methyl sites for hydroxylation is 2. The van der Waals surface area contributed by atoms with Gasteiger partial charge in [-0.15, -0.1) is 0 Å². The van der Waals surface area contributed by atoms with Crippen LogP contribution in [0.3, 0.4) is 0 Å². The van der Waals surface area contributed by atoms with E-state index in [1.807, 2.05) is 32.0 Å². The number of hydrogen-bond donors (Lipinski definition) is 1. The van der Waals surface area contributed by atoms with Crippen LogP contribution in [0.4, 0.5) is 0 Å². The minimum absolute atomic E-state index is 0.425. The zero-order chi connectivity index (χ0) is 10.6. The first-order valence-corrected chi connectivity index (χ1v) is 5.03. The summed E-state index contributed by atoms with van der Waals surface area (Å²) in [6.07, 6.45) is 4.06.